The van der Waals surface area contributed by atoms with E-state index < -0.39 is 11.6 Å². The second kappa shape index (κ2) is 6.75. The minimum Gasteiger partial charge on any atom is -0.482 e. The number of hydrogen-bond donors (Lipinski definition) is 0. The molecule has 0 unspecified atom stereocenters. The summed E-state index contributed by atoms with van der Waals surface area (Å²) < 4.78 is 19.2. The Morgan fingerprint density at radius 1 is 1.17 bits per heavy atom. The van der Waals surface area contributed by atoms with Crippen LogP contribution in [0.4, 0.5) is 4.39 Å². The first kappa shape index (κ1) is 16.7. The van der Waals surface area contributed by atoms with Crippen LogP contribution < -0.4 is 4.74 Å². The SMILES string of the molecule is Cc1ccc2c(Cl)cc(Cl)c(OCC(=O)c3ccccc3F)c2n1. The number of aromatic nitrogens is 1. The summed E-state index contributed by atoms with van der Waals surface area (Å²) in [7, 11) is 0. The van der Waals surface area contributed by atoms with Crippen molar-refractivity contribution in [1.29, 1.82) is 0 Å². The van der Waals surface area contributed by atoms with E-state index in [4.69, 9.17) is 27.9 Å². The Labute approximate surface area is 148 Å². The number of Topliss-reactive ketones (excluding diaryl/α,β-unsaturated/α-hetero) is 1. The molecule has 24 heavy (non-hydrogen) atoms. The normalized spacial score (nSPS) is 10.8. The van der Waals surface area contributed by atoms with Gasteiger partial charge in [-0.2, -0.15) is 0 Å². The molecule has 3 nitrogen and oxygen atoms in total. The Hall–Kier alpha value is -2.17. The number of nitrogens with zero attached hydrogens (tertiary/aromatic N) is 1. The summed E-state index contributed by atoms with van der Waals surface area (Å²) >= 11 is 12.4. The van der Waals surface area contributed by atoms with E-state index >= 15 is 0 Å². The first-order valence-electron chi connectivity index (χ1n) is 7.13. The highest BCUT2D eigenvalue weighted by Gasteiger charge is 2.16. The molecule has 1 aromatic heterocycles. The van der Waals surface area contributed by atoms with Crippen LogP contribution in [0.25, 0.3) is 10.9 Å². The molecule has 0 aliphatic heterocycles. The highest BCUT2D eigenvalue weighted by Crippen LogP contribution is 2.37. The average molecular weight is 364 g/mol. The number of carbonyl (C=O) groups excluding carboxylic acids is 1. The fourth-order valence-electron chi connectivity index (χ4n) is 2.33. The highest BCUT2D eigenvalue weighted by molar-refractivity contribution is 6.39. The largest absolute Gasteiger partial charge is 0.482 e. The van der Waals surface area contributed by atoms with E-state index in [0.29, 0.717) is 15.9 Å². The van der Waals surface area contributed by atoms with E-state index in [2.05, 4.69) is 4.98 Å². The summed E-state index contributed by atoms with van der Waals surface area (Å²) in [4.78, 5) is 16.6. The van der Waals surface area contributed by atoms with Crippen molar-refractivity contribution in [2.24, 2.45) is 0 Å². The lowest BCUT2D eigenvalue weighted by molar-refractivity contribution is 0.0918. The number of ether oxygens (including phenoxy) is 1. The average Bonchev–Trinajstić information content (AvgIpc) is 2.54. The lowest BCUT2D eigenvalue weighted by Gasteiger charge is -2.12. The molecule has 0 spiro atoms. The van der Waals surface area contributed by atoms with Crippen LogP contribution in [0.5, 0.6) is 5.75 Å². The van der Waals surface area contributed by atoms with Crippen LogP contribution in [-0.4, -0.2) is 17.4 Å². The fourth-order valence-corrected chi connectivity index (χ4v) is 2.90. The summed E-state index contributed by atoms with van der Waals surface area (Å²) in [5.74, 6) is -0.823. The van der Waals surface area contributed by atoms with Crippen LogP contribution >= 0.6 is 23.2 Å². The van der Waals surface area contributed by atoms with Gasteiger partial charge in [0.25, 0.3) is 0 Å². The van der Waals surface area contributed by atoms with Crippen molar-refractivity contribution in [2.75, 3.05) is 6.61 Å². The molecule has 3 aromatic rings. The van der Waals surface area contributed by atoms with Gasteiger partial charge in [0.05, 0.1) is 15.6 Å². The molecule has 0 bridgehead atoms. The smallest absolute Gasteiger partial charge is 0.203 e. The number of benzene rings is 2. The second-order valence-corrected chi connectivity index (χ2v) is 6.02. The number of carbonyl (C=O) groups is 1. The number of aryl methyl sites for hydroxylation is 1. The van der Waals surface area contributed by atoms with Crippen LogP contribution in [0.2, 0.25) is 10.0 Å². The topological polar surface area (TPSA) is 39.2 Å². The second-order valence-electron chi connectivity index (χ2n) is 5.21. The Morgan fingerprint density at radius 3 is 2.67 bits per heavy atom. The molecule has 0 saturated carbocycles. The Balaban J connectivity index is 1.94. The summed E-state index contributed by atoms with van der Waals surface area (Å²) in [6.45, 7) is 1.47. The standard InChI is InChI=1S/C18H12Cl2FNO2/c1-10-6-7-11-13(19)8-14(20)18(17(11)22-10)24-9-16(23)12-4-2-3-5-15(12)21/h2-8H,9H2,1H3. The third-order valence-corrected chi connectivity index (χ3v) is 4.09. The van der Waals surface area contributed by atoms with Crippen LogP contribution in [0.3, 0.4) is 0 Å². The van der Waals surface area contributed by atoms with Gasteiger partial charge in [0.15, 0.2) is 12.4 Å². The molecule has 0 N–H and O–H groups in total. The molecule has 0 saturated heterocycles. The Bertz CT molecular complexity index is 944. The van der Waals surface area contributed by atoms with E-state index in [1.165, 1.54) is 24.3 Å². The molecule has 2 aromatic carbocycles. The molecule has 0 atom stereocenters. The monoisotopic (exact) mass is 363 g/mol. The van der Waals surface area contributed by atoms with Crippen molar-refractivity contribution in [2.45, 2.75) is 6.92 Å². The maximum Gasteiger partial charge on any atom is 0.203 e. The van der Waals surface area contributed by atoms with Crippen LogP contribution in [0.1, 0.15) is 16.1 Å². The number of fused-ring (bicyclic) bond motifs is 1. The van der Waals surface area contributed by atoms with Gasteiger partial charge in [0.1, 0.15) is 11.3 Å². The van der Waals surface area contributed by atoms with Gasteiger partial charge in [-0.25, -0.2) is 9.37 Å². The summed E-state index contributed by atoms with van der Waals surface area (Å²) in [6, 6.07) is 10.9. The van der Waals surface area contributed by atoms with Crippen molar-refractivity contribution in [3.8, 4) is 5.75 Å². The summed E-state index contributed by atoms with van der Waals surface area (Å²) in [5, 5.41) is 1.35. The zero-order valence-corrected chi connectivity index (χ0v) is 14.2. The molecular weight excluding hydrogens is 352 g/mol. The van der Waals surface area contributed by atoms with Gasteiger partial charge in [0, 0.05) is 11.1 Å². The number of halogens is 3. The lowest BCUT2D eigenvalue weighted by atomic mass is 10.1. The van der Waals surface area contributed by atoms with Crippen molar-refractivity contribution in [3.63, 3.8) is 0 Å². The van der Waals surface area contributed by atoms with Gasteiger partial charge in [-0.15, -0.1) is 0 Å². The molecule has 122 valence electrons. The van der Waals surface area contributed by atoms with Gasteiger partial charge >= 0.3 is 0 Å². The zero-order chi connectivity index (χ0) is 17.3. The molecule has 0 aliphatic carbocycles. The molecule has 0 aliphatic rings. The lowest BCUT2D eigenvalue weighted by Crippen LogP contribution is -2.13. The predicted octanol–water partition coefficient (Wildman–Crippen LogP) is 5.25. The first-order chi connectivity index (χ1) is 11.5. The van der Waals surface area contributed by atoms with Crippen molar-refractivity contribution < 1.29 is 13.9 Å². The van der Waals surface area contributed by atoms with Gasteiger partial charge in [0.2, 0.25) is 5.78 Å². The van der Waals surface area contributed by atoms with Crippen LogP contribution in [0, 0.1) is 12.7 Å². The number of pyridine rings is 1. The quantitative estimate of drug-likeness (QED) is 0.594. The third kappa shape index (κ3) is 3.21. The van der Waals surface area contributed by atoms with Gasteiger partial charge < -0.3 is 4.74 Å². The first-order valence-corrected chi connectivity index (χ1v) is 7.89. The molecular formula is C18H12Cl2FNO2. The van der Waals surface area contributed by atoms with E-state index in [1.807, 2.05) is 19.1 Å². The van der Waals surface area contributed by atoms with E-state index in [9.17, 15) is 9.18 Å². The predicted molar refractivity (Wildman–Crippen MR) is 92.7 cm³/mol. The van der Waals surface area contributed by atoms with Crippen molar-refractivity contribution in [3.05, 3.63) is 69.6 Å². The van der Waals surface area contributed by atoms with Crippen molar-refractivity contribution in [1.82, 2.24) is 4.98 Å². The Morgan fingerprint density at radius 2 is 1.92 bits per heavy atom. The van der Waals surface area contributed by atoms with Crippen molar-refractivity contribution >= 4 is 39.9 Å². The van der Waals surface area contributed by atoms with Gasteiger partial charge in [-0.1, -0.05) is 35.3 Å². The summed E-state index contributed by atoms with van der Waals surface area (Å²) in [5.41, 5.74) is 1.19. The number of rotatable bonds is 4. The maximum atomic E-state index is 13.7. The minimum atomic E-state index is -0.591. The molecule has 3 rings (SSSR count). The minimum absolute atomic E-state index is 0.0315. The van der Waals surface area contributed by atoms with Crippen LogP contribution in [-0.2, 0) is 0 Å². The molecule has 6 heteroatoms. The number of hydrogen-bond acceptors (Lipinski definition) is 3. The summed E-state index contributed by atoms with van der Waals surface area (Å²) in [6.07, 6.45) is 0. The molecule has 0 amide bonds. The van der Waals surface area contributed by atoms with E-state index in [1.54, 1.807) is 6.07 Å². The number of ketones is 1. The molecule has 1 heterocycles. The molecule has 0 fully saturated rings. The highest BCUT2D eigenvalue weighted by atomic mass is 35.5. The van der Waals surface area contributed by atoms with Gasteiger partial charge in [-0.3, -0.25) is 4.79 Å². The maximum absolute atomic E-state index is 13.7. The van der Waals surface area contributed by atoms with Crippen LogP contribution in [0.15, 0.2) is 42.5 Å². The van der Waals surface area contributed by atoms with Gasteiger partial charge in [-0.05, 0) is 37.3 Å². The third-order valence-electron chi connectivity index (χ3n) is 3.50. The van der Waals surface area contributed by atoms with E-state index in [0.717, 1.165) is 5.69 Å². The van der Waals surface area contributed by atoms with E-state index in [-0.39, 0.29) is 22.9 Å². The Kier molecular flexibility index (Phi) is 4.69. The fraction of sp³-hybridized carbons (Fsp3) is 0.111. The zero-order valence-electron chi connectivity index (χ0n) is 12.6. The molecule has 0 radical (unpaired) electrons.